The Morgan fingerprint density at radius 3 is 2.50 bits per heavy atom. The Bertz CT molecular complexity index is 624. The second kappa shape index (κ2) is 5.32. The molecule has 0 saturated carbocycles. The highest BCUT2D eigenvalue weighted by atomic mass is 19.4. The van der Waals surface area contributed by atoms with Crippen LogP contribution in [0.3, 0.4) is 0 Å². The fraction of sp³-hybridized carbons (Fsp3) is 0.143. The Labute approximate surface area is 113 Å². The molecule has 0 atom stereocenters. The molecule has 104 valence electrons. The third-order valence-electron chi connectivity index (χ3n) is 2.69. The molecule has 2 aromatic rings. The summed E-state index contributed by atoms with van der Waals surface area (Å²) in [6, 6.07) is 6.25. The zero-order chi connectivity index (χ0) is 14.8. The van der Waals surface area contributed by atoms with Gasteiger partial charge in [-0.1, -0.05) is 0 Å². The molecule has 2 rings (SSSR count). The van der Waals surface area contributed by atoms with Crippen molar-refractivity contribution in [3.05, 3.63) is 59.4 Å². The minimum absolute atomic E-state index is 0.0638. The number of alkyl halides is 3. The van der Waals surface area contributed by atoms with Crippen LogP contribution in [0.1, 0.15) is 21.5 Å². The molecule has 0 aliphatic carbocycles. The first-order chi connectivity index (χ1) is 9.43. The predicted octanol–water partition coefficient (Wildman–Crippen LogP) is 3.34. The van der Waals surface area contributed by atoms with Gasteiger partial charge in [0.05, 0.1) is 12.7 Å². The molecule has 0 spiro atoms. The number of carbonyl (C=O) groups excluding carboxylic acids is 1. The van der Waals surface area contributed by atoms with Crippen LogP contribution in [0.4, 0.5) is 13.2 Å². The molecule has 0 saturated heterocycles. The van der Waals surface area contributed by atoms with E-state index in [9.17, 15) is 18.0 Å². The number of halogens is 3. The first kappa shape index (κ1) is 14.0. The minimum Gasteiger partial charge on any atom is -0.496 e. The molecule has 0 unspecified atom stereocenters. The van der Waals surface area contributed by atoms with E-state index in [0.29, 0.717) is 0 Å². The van der Waals surface area contributed by atoms with E-state index < -0.39 is 17.5 Å². The molecular weight excluding hydrogens is 271 g/mol. The Balaban J connectivity index is 2.47. The smallest absolute Gasteiger partial charge is 0.419 e. The lowest BCUT2D eigenvalue weighted by atomic mass is 10.0. The number of ether oxygens (including phenoxy) is 1. The summed E-state index contributed by atoms with van der Waals surface area (Å²) in [5, 5.41) is 0. The van der Waals surface area contributed by atoms with Crippen LogP contribution in [-0.2, 0) is 6.18 Å². The summed E-state index contributed by atoms with van der Waals surface area (Å²) < 4.78 is 43.3. The maximum Gasteiger partial charge on any atom is 0.419 e. The second-order valence-electron chi connectivity index (χ2n) is 3.98. The van der Waals surface area contributed by atoms with Gasteiger partial charge in [-0.05, 0) is 30.3 Å². The van der Waals surface area contributed by atoms with E-state index in [1.807, 2.05) is 0 Å². The fourth-order valence-corrected chi connectivity index (χ4v) is 1.73. The number of nitrogens with zero attached hydrogens (tertiary/aromatic N) is 1. The normalized spacial score (nSPS) is 11.2. The van der Waals surface area contributed by atoms with Crippen LogP contribution in [0.15, 0.2) is 42.7 Å². The van der Waals surface area contributed by atoms with Crippen molar-refractivity contribution in [2.24, 2.45) is 0 Å². The number of rotatable bonds is 3. The van der Waals surface area contributed by atoms with Gasteiger partial charge in [0.15, 0.2) is 5.78 Å². The summed E-state index contributed by atoms with van der Waals surface area (Å²) in [6.07, 6.45) is -1.80. The van der Waals surface area contributed by atoms with E-state index in [0.717, 1.165) is 19.2 Å². The largest absolute Gasteiger partial charge is 0.496 e. The standard InChI is InChI=1S/C14H10F3NO2/c1-20-12-5-4-9(7-11(12)14(15,16)17)13(19)10-3-2-6-18-8-10/h2-8H,1H3. The number of aromatic nitrogens is 1. The van der Waals surface area contributed by atoms with Crippen molar-refractivity contribution in [3.8, 4) is 5.75 Å². The van der Waals surface area contributed by atoms with E-state index in [4.69, 9.17) is 0 Å². The van der Waals surface area contributed by atoms with Crippen LogP contribution in [0.25, 0.3) is 0 Å². The molecule has 0 bridgehead atoms. The molecule has 0 amide bonds. The van der Waals surface area contributed by atoms with Gasteiger partial charge >= 0.3 is 6.18 Å². The highest BCUT2D eigenvalue weighted by molar-refractivity contribution is 6.09. The molecule has 0 radical (unpaired) electrons. The highest BCUT2D eigenvalue weighted by Crippen LogP contribution is 2.36. The van der Waals surface area contributed by atoms with E-state index in [2.05, 4.69) is 9.72 Å². The zero-order valence-corrected chi connectivity index (χ0v) is 10.4. The summed E-state index contributed by atoms with van der Waals surface area (Å²) in [4.78, 5) is 15.8. The van der Waals surface area contributed by atoms with Crippen LogP contribution < -0.4 is 4.74 Å². The number of ketones is 1. The van der Waals surface area contributed by atoms with E-state index in [-0.39, 0.29) is 16.9 Å². The first-order valence-electron chi connectivity index (χ1n) is 5.63. The van der Waals surface area contributed by atoms with Crippen molar-refractivity contribution in [3.63, 3.8) is 0 Å². The number of carbonyl (C=O) groups is 1. The van der Waals surface area contributed by atoms with Gasteiger partial charge in [-0.15, -0.1) is 0 Å². The third-order valence-corrected chi connectivity index (χ3v) is 2.69. The molecule has 0 aliphatic rings. The van der Waals surface area contributed by atoms with Gasteiger partial charge in [0.25, 0.3) is 0 Å². The van der Waals surface area contributed by atoms with Gasteiger partial charge in [0.1, 0.15) is 5.75 Å². The molecule has 0 N–H and O–H groups in total. The van der Waals surface area contributed by atoms with Crippen molar-refractivity contribution in [2.75, 3.05) is 7.11 Å². The van der Waals surface area contributed by atoms with Crippen LogP contribution in [-0.4, -0.2) is 17.9 Å². The Morgan fingerprint density at radius 1 is 1.20 bits per heavy atom. The van der Waals surface area contributed by atoms with E-state index in [1.165, 1.54) is 24.5 Å². The molecule has 1 aromatic heterocycles. The summed E-state index contributed by atoms with van der Waals surface area (Å²) in [5.41, 5.74) is -0.813. The SMILES string of the molecule is COc1ccc(C(=O)c2cccnc2)cc1C(F)(F)F. The molecule has 20 heavy (non-hydrogen) atoms. The molecule has 0 fully saturated rings. The lowest BCUT2D eigenvalue weighted by molar-refractivity contribution is -0.138. The van der Waals surface area contributed by atoms with Crippen molar-refractivity contribution in [1.29, 1.82) is 0 Å². The van der Waals surface area contributed by atoms with Crippen LogP contribution >= 0.6 is 0 Å². The topological polar surface area (TPSA) is 39.2 Å². The second-order valence-corrected chi connectivity index (χ2v) is 3.98. The van der Waals surface area contributed by atoms with Gasteiger partial charge in [0, 0.05) is 23.5 Å². The Kier molecular flexibility index (Phi) is 3.74. The molecule has 1 heterocycles. The molecule has 3 nitrogen and oxygen atoms in total. The van der Waals surface area contributed by atoms with Gasteiger partial charge in [-0.3, -0.25) is 9.78 Å². The van der Waals surface area contributed by atoms with Gasteiger partial charge in [0.2, 0.25) is 0 Å². The zero-order valence-electron chi connectivity index (χ0n) is 10.4. The average molecular weight is 281 g/mol. The summed E-state index contributed by atoms with van der Waals surface area (Å²) in [6.45, 7) is 0. The molecule has 1 aromatic carbocycles. The van der Waals surface area contributed by atoms with E-state index >= 15 is 0 Å². The van der Waals surface area contributed by atoms with Crippen molar-refractivity contribution in [1.82, 2.24) is 4.98 Å². The maximum absolute atomic E-state index is 12.9. The predicted molar refractivity (Wildman–Crippen MR) is 65.7 cm³/mol. The van der Waals surface area contributed by atoms with Gasteiger partial charge < -0.3 is 4.74 Å². The molecule has 6 heteroatoms. The summed E-state index contributed by atoms with van der Waals surface area (Å²) >= 11 is 0. The average Bonchev–Trinajstić information content (AvgIpc) is 2.46. The number of hydrogen-bond acceptors (Lipinski definition) is 3. The molecular formula is C14H10F3NO2. The maximum atomic E-state index is 12.9. The Morgan fingerprint density at radius 2 is 1.95 bits per heavy atom. The first-order valence-corrected chi connectivity index (χ1v) is 5.63. The van der Waals surface area contributed by atoms with Crippen LogP contribution in [0.5, 0.6) is 5.75 Å². The minimum atomic E-state index is -4.59. The van der Waals surface area contributed by atoms with Crippen LogP contribution in [0, 0.1) is 0 Å². The monoisotopic (exact) mass is 281 g/mol. The summed E-state index contributed by atoms with van der Waals surface area (Å²) in [7, 11) is 1.15. The van der Waals surface area contributed by atoms with E-state index in [1.54, 1.807) is 6.07 Å². The number of methoxy groups -OCH3 is 1. The Hall–Kier alpha value is -2.37. The lowest BCUT2D eigenvalue weighted by Gasteiger charge is -2.13. The third kappa shape index (κ3) is 2.79. The van der Waals surface area contributed by atoms with Crippen LogP contribution in [0.2, 0.25) is 0 Å². The van der Waals surface area contributed by atoms with Crippen molar-refractivity contribution >= 4 is 5.78 Å². The lowest BCUT2D eigenvalue weighted by Crippen LogP contribution is -2.10. The number of pyridine rings is 1. The molecule has 0 aliphatic heterocycles. The highest BCUT2D eigenvalue weighted by Gasteiger charge is 2.35. The number of benzene rings is 1. The van der Waals surface area contributed by atoms with Gasteiger partial charge in [-0.25, -0.2) is 0 Å². The fourth-order valence-electron chi connectivity index (χ4n) is 1.73. The van der Waals surface area contributed by atoms with Crippen molar-refractivity contribution < 1.29 is 22.7 Å². The quantitative estimate of drug-likeness (QED) is 0.810. The van der Waals surface area contributed by atoms with Crippen molar-refractivity contribution in [2.45, 2.75) is 6.18 Å². The number of hydrogen-bond donors (Lipinski definition) is 0. The summed E-state index contributed by atoms with van der Waals surface area (Å²) in [5.74, 6) is -0.841. The van der Waals surface area contributed by atoms with Gasteiger partial charge in [-0.2, -0.15) is 13.2 Å².